The van der Waals surface area contributed by atoms with E-state index in [-0.39, 0.29) is 23.5 Å². The van der Waals surface area contributed by atoms with E-state index in [2.05, 4.69) is 15.4 Å². The van der Waals surface area contributed by atoms with Gasteiger partial charge in [-0.25, -0.2) is 4.98 Å². The van der Waals surface area contributed by atoms with Gasteiger partial charge in [0.1, 0.15) is 28.9 Å². The van der Waals surface area contributed by atoms with Gasteiger partial charge in [0.15, 0.2) is 0 Å². The molecule has 1 N–H and O–H groups in total. The van der Waals surface area contributed by atoms with Gasteiger partial charge in [0.2, 0.25) is 5.91 Å². The van der Waals surface area contributed by atoms with Gasteiger partial charge in [-0.05, 0) is 25.0 Å². The van der Waals surface area contributed by atoms with Crippen LogP contribution in [0.15, 0.2) is 42.9 Å². The van der Waals surface area contributed by atoms with Crippen molar-refractivity contribution >= 4 is 22.6 Å². The Labute approximate surface area is 213 Å². The fraction of sp³-hybridized carbons (Fsp3) is 0.407. The smallest absolute Gasteiger partial charge is 0.228 e. The first kappa shape index (κ1) is 22.4. The third-order valence-corrected chi connectivity index (χ3v) is 7.79. The molecule has 0 bridgehead atoms. The second-order valence-electron chi connectivity index (χ2n) is 10.1. The standard InChI is InChI=1S/C27H28N6O4/c1-32-21-12-28-23(30-26(34)16-6-7-16)10-20(21)24(31-32)19-5-3-4-18(25(19)35-2)17-11-29-33(13-17)22-14-36-15-27(22)8-9-37-27/h3-5,10-13,16,22H,6-9,14-15H2,1-2H3,(H,28,30,34)/t22-,27-/m0/s1. The lowest BCUT2D eigenvalue weighted by Crippen LogP contribution is -2.50. The Kier molecular flexibility index (Phi) is 5.09. The normalized spacial score (nSPS) is 22.9. The summed E-state index contributed by atoms with van der Waals surface area (Å²) in [7, 11) is 3.56. The Balaban J connectivity index is 1.27. The molecule has 0 unspecified atom stereocenters. The van der Waals surface area contributed by atoms with Crippen molar-refractivity contribution in [3.05, 3.63) is 42.9 Å². The Morgan fingerprint density at radius 3 is 2.84 bits per heavy atom. The maximum absolute atomic E-state index is 12.3. The van der Waals surface area contributed by atoms with Gasteiger partial charge in [0, 0.05) is 47.7 Å². The summed E-state index contributed by atoms with van der Waals surface area (Å²) < 4.78 is 21.4. The van der Waals surface area contributed by atoms with Crippen LogP contribution in [0.3, 0.4) is 0 Å². The highest BCUT2D eigenvalue weighted by molar-refractivity contribution is 6.00. The summed E-state index contributed by atoms with van der Waals surface area (Å²) >= 11 is 0. The number of pyridine rings is 1. The number of ether oxygens (including phenoxy) is 3. The summed E-state index contributed by atoms with van der Waals surface area (Å²) in [6.45, 7) is 1.96. The fourth-order valence-electron chi connectivity index (χ4n) is 5.46. The predicted molar refractivity (Wildman–Crippen MR) is 136 cm³/mol. The molecule has 2 saturated heterocycles. The predicted octanol–water partition coefficient (Wildman–Crippen LogP) is 3.59. The van der Waals surface area contributed by atoms with E-state index in [1.54, 1.807) is 18.0 Å². The SMILES string of the molecule is COc1c(-c2cnn([C@H]3COC[C@@]34CCO4)c2)cccc1-c1nn(C)c2cnc(NC(=O)C3CC3)cc12. The molecule has 5 heterocycles. The lowest BCUT2D eigenvalue weighted by atomic mass is 9.89. The average Bonchev–Trinajstić information content (AvgIpc) is 3.31. The van der Waals surface area contributed by atoms with Gasteiger partial charge >= 0.3 is 0 Å². The summed E-state index contributed by atoms with van der Waals surface area (Å²) in [4.78, 5) is 16.8. The van der Waals surface area contributed by atoms with Crippen LogP contribution in [0.25, 0.3) is 33.3 Å². The monoisotopic (exact) mass is 500 g/mol. The number of methoxy groups -OCH3 is 1. The van der Waals surface area contributed by atoms with E-state index in [1.165, 1.54) is 0 Å². The van der Waals surface area contributed by atoms with Crippen molar-refractivity contribution < 1.29 is 19.0 Å². The Morgan fingerprint density at radius 1 is 1.24 bits per heavy atom. The van der Waals surface area contributed by atoms with Crippen LogP contribution in [-0.2, 0) is 21.3 Å². The highest BCUT2D eigenvalue weighted by Gasteiger charge is 2.51. The minimum atomic E-state index is -0.261. The van der Waals surface area contributed by atoms with Gasteiger partial charge in [-0.15, -0.1) is 0 Å². The summed E-state index contributed by atoms with van der Waals surface area (Å²) in [5.41, 5.74) is 4.09. The first-order chi connectivity index (χ1) is 18.1. The summed E-state index contributed by atoms with van der Waals surface area (Å²) in [5, 5.41) is 13.3. The first-order valence-electron chi connectivity index (χ1n) is 12.6. The number of carbonyl (C=O) groups is 1. The number of hydrogen-bond acceptors (Lipinski definition) is 7. The second-order valence-corrected chi connectivity index (χ2v) is 10.1. The fourth-order valence-corrected chi connectivity index (χ4v) is 5.46. The van der Waals surface area contributed by atoms with E-state index in [9.17, 15) is 4.79 Å². The summed E-state index contributed by atoms with van der Waals surface area (Å²) in [6.07, 6.45) is 8.50. The van der Waals surface area contributed by atoms with Crippen molar-refractivity contribution in [1.82, 2.24) is 24.5 Å². The zero-order valence-corrected chi connectivity index (χ0v) is 20.8. The molecule has 4 aromatic rings. The van der Waals surface area contributed by atoms with E-state index in [1.807, 2.05) is 48.4 Å². The molecule has 3 aliphatic rings. The number of aromatic nitrogens is 5. The average molecular weight is 501 g/mol. The molecule has 2 aliphatic heterocycles. The van der Waals surface area contributed by atoms with Crippen molar-refractivity contribution in [3.63, 3.8) is 0 Å². The molecule has 3 fully saturated rings. The van der Waals surface area contributed by atoms with Gasteiger partial charge in [-0.3, -0.25) is 14.2 Å². The third kappa shape index (κ3) is 3.62. The van der Waals surface area contributed by atoms with Crippen molar-refractivity contribution in [3.8, 4) is 28.1 Å². The number of para-hydroxylation sites is 1. The maximum atomic E-state index is 12.3. The van der Waals surface area contributed by atoms with Crippen molar-refractivity contribution in [2.75, 3.05) is 32.2 Å². The number of benzene rings is 1. The Hall–Kier alpha value is -3.76. The van der Waals surface area contributed by atoms with Crippen LogP contribution < -0.4 is 10.1 Å². The molecule has 1 spiro atoms. The van der Waals surface area contributed by atoms with Crippen LogP contribution in [0.4, 0.5) is 5.82 Å². The van der Waals surface area contributed by atoms with Gasteiger partial charge in [0.25, 0.3) is 0 Å². The zero-order chi connectivity index (χ0) is 25.1. The highest BCUT2D eigenvalue weighted by Crippen LogP contribution is 2.44. The van der Waals surface area contributed by atoms with Crippen LogP contribution in [0.5, 0.6) is 5.75 Å². The number of fused-ring (bicyclic) bond motifs is 1. The topological polar surface area (TPSA) is 105 Å². The van der Waals surface area contributed by atoms with Crippen molar-refractivity contribution in [2.45, 2.75) is 30.9 Å². The zero-order valence-electron chi connectivity index (χ0n) is 20.8. The molecule has 1 amide bonds. The summed E-state index contributed by atoms with van der Waals surface area (Å²) in [6, 6.07) is 7.97. The largest absolute Gasteiger partial charge is 0.495 e. The number of nitrogens with zero attached hydrogens (tertiary/aromatic N) is 5. The van der Waals surface area contributed by atoms with Gasteiger partial charge in [0.05, 0.1) is 44.8 Å². The first-order valence-corrected chi connectivity index (χ1v) is 12.6. The molecule has 37 heavy (non-hydrogen) atoms. The van der Waals surface area contributed by atoms with E-state index in [4.69, 9.17) is 19.3 Å². The van der Waals surface area contributed by atoms with Gasteiger partial charge in [-0.1, -0.05) is 12.1 Å². The number of rotatable bonds is 6. The minimum absolute atomic E-state index is 0.0237. The quantitative estimate of drug-likeness (QED) is 0.431. The molecule has 0 radical (unpaired) electrons. The molecule has 1 saturated carbocycles. The number of nitrogens with one attached hydrogen (secondary N) is 1. The molecule has 190 valence electrons. The Morgan fingerprint density at radius 2 is 2.08 bits per heavy atom. The van der Waals surface area contributed by atoms with E-state index < -0.39 is 0 Å². The molecular weight excluding hydrogens is 472 g/mol. The molecule has 1 aliphatic carbocycles. The van der Waals surface area contributed by atoms with Crippen LogP contribution in [-0.4, -0.2) is 63.0 Å². The van der Waals surface area contributed by atoms with Gasteiger partial charge in [-0.2, -0.15) is 10.2 Å². The molecule has 7 rings (SSSR count). The number of amides is 1. The van der Waals surface area contributed by atoms with Crippen LogP contribution in [0.1, 0.15) is 25.3 Å². The number of aryl methyl sites for hydroxylation is 1. The summed E-state index contributed by atoms with van der Waals surface area (Å²) in [5.74, 6) is 1.36. The molecule has 10 heteroatoms. The second kappa shape index (κ2) is 8.39. The van der Waals surface area contributed by atoms with Crippen molar-refractivity contribution in [1.29, 1.82) is 0 Å². The molecular formula is C27H28N6O4. The third-order valence-electron chi connectivity index (χ3n) is 7.79. The van der Waals surface area contributed by atoms with E-state index in [0.717, 1.165) is 59.2 Å². The van der Waals surface area contributed by atoms with Crippen LogP contribution in [0.2, 0.25) is 0 Å². The van der Waals surface area contributed by atoms with E-state index in [0.29, 0.717) is 24.8 Å². The molecule has 3 aromatic heterocycles. The van der Waals surface area contributed by atoms with Crippen LogP contribution >= 0.6 is 0 Å². The number of carbonyl (C=O) groups excluding carboxylic acids is 1. The minimum Gasteiger partial charge on any atom is -0.495 e. The molecule has 1 aromatic carbocycles. The lowest BCUT2D eigenvalue weighted by Gasteiger charge is -2.41. The maximum Gasteiger partial charge on any atom is 0.228 e. The number of anilines is 1. The number of hydrogen-bond donors (Lipinski definition) is 1. The van der Waals surface area contributed by atoms with Crippen LogP contribution in [0, 0.1) is 5.92 Å². The highest BCUT2D eigenvalue weighted by atomic mass is 16.6. The molecule has 10 nitrogen and oxygen atoms in total. The van der Waals surface area contributed by atoms with E-state index >= 15 is 0 Å². The molecule has 2 atom stereocenters. The Bertz CT molecular complexity index is 1520. The van der Waals surface area contributed by atoms with Gasteiger partial charge < -0.3 is 19.5 Å². The van der Waals surface area contributed by atoms with Crippen molar-refractivity contribution in [2.24, 2.45) is 13.0 Å². The lowest BCUT2D eigenvalue weighted by molar-refractivity contribution is -0.164.